The van der Waals surface area contributed by atoms with Gasteiger partial charge in [0.1, 0.15) is 6.04 Å². The van der Waals surface area contributed by atoms with E-state index in [-0.39, 0.29) is 17.1 Å². The predicted molar refractivity (Wildman–Crippen MR) is 144 cm³/mol. The van der Waals surface area contributed by atoms with E-state index in [0.29, 0.717) is 18.0 Å². The Morgan fingerprint density at radius 2 is 1.73 bits per heavy atom. The molecule has 1 aliphatic heterocycles. The van der Waals surface area contributed by atoms with Crippen LogP contribution in [0.3, 0.4) is 0 Å². The van der Waals surface area contributed by atoms with Crippen molar-refractivity contribution >= 4 is 39.1 Å². The predicted octanol–water partition coefficient (Wildman–Crippen LogP) is 4.84. The van der Waals surface area contributed by atoms with Crippen molar-refractivity contribution in [3.05, 3.63) is 88.5 Å². The van der Waals surface area contributed by atoms with Crippen LogP contribution in [-0.2, 0) is 21.4 Å². The number of rotatable bonds is 8. The summed E-state index contributed by atoms with van der Waals surface area (Å²) in [6.07, 6.45) is 0. The molecule has 2 N–H and O–H groups in total. The Morgan fingerprint density at radius 1 is 1.11 bits per heavy atom. The third-order valence-corrected chi connectivity index (χ3v) is 9.50. The topological polar surface area (TPSA) is 130 Å². The molecule has 3 aromatic carbocycles. The Kier molecular flexibility index (Phi) is 7.58. The first-order chi connectivity index (χ1) is 17.5. The van der Waals surface area contributed by atoms with Crippen molar-refractivity contribution in [3.8, 4) is 11.1 Å². The van der Waals surface area contributed by atoms with E-state index in [1.54, 1.807) is 38.1 Å². The second kappa shape index (κ2) is 10.5. The molecular weight excluding hydrogens is 514 g/mol. The lowest BCUT2D eigenvalue weighted by molar-refractivity contribution is -0.384. The maximum atomic E-state index is 13.3. The number of hydrogen-bond acceptors (Lipinski definition) is 7. The number of benzene rings is 3. The first-order valence-corrected chi connectivity index (χ1v) is 14.0. The van der Waals surface area contributed by atoms with E-state index < -0.39 is 31.7 Å². The molecule has 0 aromatic heterocycles. The van der Waals surface area contributed by atoms with Crippen LogP contribution in [0.4, 0.5) is 11.4 Å². The lowest BCUT2D eigenvalue weighted by atomic mass is 10.0. The van der Waals surface area contributed by atoms with Gasteiger partial charge in [0.15, 0.2) is 0 Å². The van der Waals surface area contributed by atoms with Gasteiger partial charge in [-0.1, -0.05) is 42.5 Å². The third kappa shape index (κ3) is 5.79. The van der Waals surface area contributed by atoms with E-state index in [1.165, 1.54) is 36.0 Å². The van der Waals surface area contributed by atoms with E-state index in [0.717, 1.165) is 21.0 Å². The number of thioether (sulfide) groups is 1. The molecule has 1 fully saturated rings. The number of carboxylic acid groups (broad SMARTS) is 1. The summed E-state index contributed by atoms with van der Waals surface area (Å²) in [7, 11) is -3.99. The molecule has 0 radical (unpaired) electrons. The highest BCUT2D eigenvalue weighted by Crippen LogP contribution is 2.38. The number of hydrogen-bond donors (Lipinski definition) is 2. The van der Waals surface area contributed by atoms with Gasteiger partial charge in [0, 0.05) is 41.4 Å². The minimum absolute atomic E-state index is 0.0205. The van der Waals surface area contributed by atoms with Crippen molar-refractivity contribution < 1.29 is 23.2 Å². The smallest absolute Gasteiger partial charge is 0.323 e. The van der Waals surface area contributed by atoms with E-state index >= 15 is 0 Å². The van der Waals surface area contributed by atoms with Gasteiger partial charge in [-0.2, -0.15) is 16.1 Å². The van der Waals surface area contributed by atoms with Crippen LogP contribution in [0.5, 0.6) is 0 Å². The van der Waals surface area contributed by atoms with Crippen molar-refractivity contribution in [1.29, 1.82) is 0 Å². The fourth-order valence-corrected chi connectivity index (χ4v) is 7.43. The molecule has 0 saturated carbocycles. The van der Waals surface area contributed by atoms with Crippen LogP contribution in [0.25, 0.3) is 11.1 Å². The number of nitro groups is 1. The molecule has 4 rings (SSSR count). The number of anilines is 1. The summed E-state index contributed by atoms with van der Waals surface area (Å²) in [5, 5.41) is 23.9. The van der Waals surface area contributed by atoms with Crippen LogP contribution < -0.4 is 5.32 Å². The van der Waals surface area contributed by atoms with E-state index in [9.17, 15) is 28.4 Å². The molecule has 0 amide bonds. The number of carboxylic acids is 1. The molecule has 1 unspecified atom stereocenters. The largest absolute Gasteiger partial charge is 0.480 e. The average Bonchev–Trinajstić information content (AvgIpc) is 2.87. The van der Waals surface area contributed by atoms with E-state index in [4.69, 9.17) is 0 Å². The van der Waals surface area contributed by atoms with Crippen molar-refractivity contribution in [2.24, 2.45) is 0 Å². The average molecular weight is 542 g/mol. The summed E-state index contributed by atoms with van der Waals surface area (Å²) in [6, 6.07) is 19.3. The van der Waals surface area contributed by atoms with Crippen LogP contribution in [0.2, 0.25) is 0 Å². The van der Waals surface area contributed by atoms with Crippen LogP contribution >= 0.6 is 11.8 Å². The van der Waals surface area contributed by atoms with Gasteiger partial charge in [0.25, 0.3) is 5.69 Å². The van der Waals surface area contributed by atoms with Gasteiger partial charge < -0.3 is 10.4 Å². The molecule has 37 heavy (non-hydrogen) atoms. The first kappa shape index (κ1) is 26.6. The highest BCUT2D eigenvalue weighted by atomic mass is 32.2. The molecule has 11 heteroatoms. The summed E-state index contributed by atoms with van der Waals surface area (Å²) in [6.45, 7) is 4.13. The zero-order valence-electron chi connectivity index (χ0n) is 20.3. The number of aliphatic carboxylic acids is 1. The van der Waals surface area contributed by atoms with Gasteiger partial charge in [-0.3, -0.25) is 14.9 Å². The SMILES string of the molecule is CC1(C)SCCN(S(=O)(=O)c2ccc(-c3ccc(CNc4cccc([N+](=O)[O-])c4)cc3)cc2)C1C(=O)O. The molecule has 1 atom stereocenters. The second-order valence-corrected chi connectivity index (χ2v) is 12.8. The summed E-state index contributed by atoms with van der Waals surface area (Å²) in [5.41, 5.74) is 3.35. The Balaban J connectivity index is 1.47. The molecule has 9 nitrogen and oxygen atoms in total. The van der Waals surface area contributed by atoms with Crippen molar-refractivity contribution in [2.45, 2.75) is 36.1 Å². The van der Waals surface area contributed by atoms with Gasteiger partial charge in [-0.05, 0) is 48.7 Å². The Hall–Kier alpha value is -3.41. The molecule has 0 spiro atoms. The Bertz CT molecular complexity index is 1410. The molecular formula is C26H27N3O6S2. The zero-order valence-corrected chi connectivity index (χ0v) is 22.0. The van der Waals surface area contributed by atoms with Gasteiger partial charge >= 0.3 is 5.97 Å². The number of nitrogens with one attached hydrogen (secondary N) is 1. The second-order valence-electron chi connectivity index (χ2n) is 9.19. The fraction of sp³-hybridized carbons (Fsp3) is 0.269. The molecule has 0 bridgehead atoms. The van der Waals surface area contributed by atoms with Crippen LogP contribution in [0.1, 0.15) is 19.4 Å². The standard InChI is InChI=1S/C26H27N3O6S2/c1-26(2)24(25(30)31)28(14-15-36-26)37(34,35)23-12-10-20(11-13-23)19-8-6-18(7-9-19)17-27-21-4-3-5-22(16-21)29(32)33/h3-13,16,24,27H,14-15,17H2,1-2H3,(H,30,31). The number of nitro benzene ring substituents is 1. The van der Waals surface area contributed by atoms with Gasteiger partial charge in [-0.25, -0.2) is 8.42 Å². The molecule has 1 saturated heterocycles. The number of carbonyl (C=O) groups is 1. The minimum atomic E-state index is -3.99. The van der Waals surface area contributed by atoms with Crippen molar-refractivity contribution in [1.82, 2.24) is 4.31 Å². The summed E-state index contributed by atoms with van der Waals surface area (Å²) >= 11 is 1.46. The summed E-state index contributed by atoms with van der Waals surface area (Å²) < 4.78 is 27.0. The minimum Gasteiger partial charge on any atom is -0.480 e. The van der Waals surface area contributed by atoms with Crippen LogP contribution in [0.15, 0.2) is 77.7 Å². The first-order valence-electron chi connectivity index (χ1n) is 11.6. The van der Waals surface area contributed by atoms with Gasteiger partial charge in [-0.15, -0.1) is 0 Å². The Labute approximate surface area is 219 Å². The molecule has 1 heterocycles. The zero-order chi connectivity index (χ0) is 26.8. The van der Waals surface area contributed by atoms with Crippen molar-refractivity contribution in [3.63, 3.8) is 0 Å². The highest BCUT2D eigenvalue weighted by molar-refractivity contribution is 8.00. The maximum absolute atomic E-state index is 13.3. The normalized spacial score (nSPS) is 17.7. The van der Waals surface area contributed by atoms with Gasteiger partial charge in [0.05, 0.1) is 9.82 Å². The summed E-state index contributed by atoms with van der Waals surface area (Å²) in [5.74, 6) is -0.631. The highest BCUT2D eigenvalue weighted by Gasteiger charge is 2.48. The fourth-order valence-electron chi connectivity index (χ4n) is 4.34. The molecule has 3 aromatic rings. The van der Waals surface area contributed by atoms with Gasteiger partial charge in [0.2, 0.25) is 10.0 Å². The number of sulfonamides is 1. The monoisotopic (exact) mass is 541 g/mol. The maximum Gasteiger partial charge on any atom is 0.323 e. The van der Waals surface area contributed by atoms with E-state index in [1.807, 2.05) is 24.3 Å². The van der Waals surface area contributed by atoms with Crippen LogP contribution in [-0.4, -0.2) is 51.8 Å². The van der Waals surface area contributed by atoms with Crippen LogP contribution in [0, 0.1) is 10.1 Å². The lowest BCUT2D eigenvalue weighted by Gasteiger charge is -2.42. The van der Waals surface area contributed by atoms with E-state index in [2.05, 4.69) is 5.32 Å². The molecule has 0 aliphatic carbocycles. The number of non-ortho nitro benzene ring substituents is 1. The lowest BCUT2D eigenvalue weighted by Crippen LogP contribution is -2.58. The van der Waals surface area contributed by atoms with Crippen molar-refractivity contribution in [2.75, 3.05) is 17.6 Å². The Morgan fingerprint density at radius 3 is 2.32 bits per heavy atom. The molecule has 194 valence electrons. The third-order valence-electron chi connectivity index (χ3n) is 6.27. The number of nitrogens with zero attached hydrogens (tertiary/aromatic N) is 2. The quantitative estimate of drug-likeness (QED) is 0.306. The summed E-state index contributed by atoms with van der Waals surface area (Å²) in [4.78, 5) is 22.5. The molecule has 1 aliphatic rings.